The van der Waals surface area contributed by atoms with Crippen LogP contribution in [0, 0.1) is 5.92 Å². The molecule has 126 valence electrons. The minimum absolute atomic E-state index is 0.0144. The quantitative estimate of drug-likeness (QED) is 0.812. The van der Waals surface area contributed by atoms with Crippen LogP contribution in [0.1, 0.15) is 43.2 Å². The number of anilines is 2. The first-order valence-corrected chi connectivity index (χ1v) is 8.34. The normalized spacial score (nSPS) is 19.2. The lowest BCUT2D eigenvalue weighted by Crippen LogP contribution is -2.15. The Kier molecular flexibility index (Phi) is 4.47. The van der Waals surface area contributed by atoms with Crippen LogP contribution in [-0.2, 0) is 4.79 Å². The Labute approximate surface area is 143 Å². The fourth-order valence-electron chi connectivity index (χ4n) is 2.98. The van der Waals surface area contributed by atoms with Gasteiger partial charge in [0.25, 0.3) is 0 Å². The van der Waals surface area contributed by atoms with Gasteiger partial charge in [0.15, 0.2) is 0 Å². The fraction of sp³-hybridized carbons (Fsp3) is 0.350. The number of carbonyl (C=O) groups is 1. The van der Waals surface area contributed by atoms with Crippen molar-refractivity contribution >= 4 is 17.3 Å². The van der Waals surface area contributed by atoms with Crippen LogP contribution >= 0.6 is 0 Å². The monoisotopic (exact) mass is 324 g/mol. The highest BCUT2D eigenvalue weighted by Crippen LogP contribution is 2.48. The third-order valence-electron chi connectivity index (χ3n) is 4.68. The molecular formula is C20H24N2O2. The molecule has 4 nitrogen and oxygen atoms in total. The van der Waals surface area contributed by atoms with Crippen LogP contribution in [-0.4, -0.2) is 13.0 Å². The van der Waals surface area contributed by atoms with E-state index in [4.69, 9.17) is 10.5 Å². The van der Waals surface area contributed by atoms with Crippen LogP contribution in [0.15, 0.2) is 42.5 Å². The van der Waals surface area contributed by atoms with E-state index in [0.29, 0.717) is 29.0 Å². The summed E-state index contributed by atoms with van der Waals surface area (Å²) in [4.78, 5) is 12.5. The molecule has 24 heavy (non-hydrogen) atoms. The Hall–Kier alpha value is -2.49. The molecule has 1 fully saturated rings. The van der Waals surface area contributed by atoms with E-state index in [-0.39, 0.29) is 11.8 Å². The van der Waals surface area contributed by atoms with Gasteiger partial charge in [-0.2, -0.15) is 0 Å². The standard InChI is InChI=1S/C20H24N2O2/c1-12(2)13-4-6-14(7-5-13)16-11-17(16)20(23)22-19-10-15(24-3)8-9-18(19)21/h4-10,12,16-17H,11,21H2,1-3H3,(H,22,23). The summed E-state index contributed by atoms with van der Waals surface area (Å²) in [6, 6.07) is 13.9. The second-order valence-electron chi connectivity index (χ2n) is 6.71. The zero-order valence-corrected chi connectivity index (χ0v) is 14.4. The van der Waals surface area contributed by atoms with Gasteiger partial charge in [0.1, 0.15) is 5.75 Å². The average Bonchev–Trinajstić information content (AvgIpc) is 3.37. The third-order valence-corrected chi connectivity index (χ3v) is 4.68. The molecule has 0 aromatic heterocycles. The van der Waals surface area contributed by atoms with Crippen molar-refractivity contribution in [2.45, 2.75) is 32.1 Å². The zero-order chi connectivity index (χ0) is 17.3. The Morgan fingerprint density at radius 2 is 1.92 bits per heavy atom. The molecule has 1 aliphatic rings. The van der Waals surface area contributed by atoms with E-state index in [9.17, 15) is 4.79 Å². The summed E-state index contributed by atoms with van der Waals surface area (Å²) in [5.41, 5.74) is 9.65. The lowest BCUT2D eigenvalue weighted by molar-refractivity contribution is -0.117. The van der Waals surface area contributed by atoms with Gasteiger partial charge in [-0.3, -0.25) is 4.79 Å². The van der Waals surface area contributed by atoms with Crippen LogP contribution in [0.4, 0.5) is 11.4 Å². The predicted molar refractivity (Wildman–Crippen MR) is 97.4 cm³/mol. The number of methoxy groups -OCH3 is 1. The first-order valence-electron chi connectivity index (χ1n) is 8.34. The van der Waals surface area contributed by atoms with Gasteiger partial charge in [-0.05, 0) is 41.5 Å². The molecular weight excluding hydrogens is 300 g/mol. The number of benzene rings is 2. The van der Waals surface area contributed by atoms with E-state index in [0.717, 1.165) is 6.42 Å². The number of hydrogen-bond acceptors (Lipinski definition) is 3. The number of nitrogens with two attached hydrogens (primary N) is 1. The molecule has 0 aliphatic heterocycles. The lowest BCUT2D eigenvalue weighted by Gasteiger charge is -2.10. The van der Waals surface area contributed by atoms with E-state index >= 15 is 0 Å². The number of hydrogen-bond donors (Lipinski definition) is 2. The van der Waals surface area contributed by atoms with Gasteiger partial charge in [-0.15, -0.1) is 0 Å². The minimum Gasteiger partial charge on any atom is -0.497 e. The number of nitrogen functional groups attached to an aromatic ring is 1. The Bertz CT molecular complexity index is 738. The molecule has 0 spiro atoms. The van der Waals surface area contributed by atoms with E-state index in [2.05, 4.69) is 43.4 Å². The van der Waals surface area contributed by atoms with Crippen LogP contribution in [0.2, 0.25) is 0 Å². The lowest BCUT2D eigenvalue weighted by atomic mass is 10.00. The van der Waals surface area contributed by atoms with Crippen molar-refractivity contribution in [3.8, 4) is 5.75 Å². The summed E-state index contributed by atoms with van der Waals surface area (Å²) in [6.45, 7) is 4.36. The number of ether oxygens (including phenoxy) is 1. The Balaban J connectivity index is 1.65. The first-order chi connectivity index (χ1) is 11.5. The van der Waals surface area contributed by atoms with Gasteiger partial charge in [0, 0.05) is 12.0 Å². The molecule has 4 heteroatoms. The van der Waals surface area contributed by atoms with Crippen molar-refractivity contribution < 1.29 is 9.53 Å². The molecule has 3 rings (SSSR count). The Morgan fingerprint density at radius 1 is 1.21 bits per heavy atom. The second-order valence-corrected chi connectivity index (χ2v) is 6.71. The van der Waals surface area contributed by atoms with Crippen molar-refractivity contribution in [2.24, 2.45) is 5.92 Å². The first kappa shape index (κ1) is 16.4. The molecule has 0 heterocycles. The van der Waals surface area contributed by atoms with E-state index in [1.807, 2.05) is 0 Å². The van der Waals surface area contributed by atoms with Gasteiger partial charge in [0.05, 0.1) is 18.5 Å². The molecule has 2 aromatic carbocycles. The topological polar surface area (TPSA) is 64.3 Å². The van der Waals surface area contributed by atoms with E-state index < -0.39 is 0 Å². The predicted octanol–water partition coefficient (Wildman–Crippen LogP) is 4.14. The van der Waals surface area contributed by atoms with Crippen molar-refractivity contribution in [3.05, 3.63) is 53.6 Å². The molecule has 1 saturated carbocycles. The maximum Gasteiger partial charge on any atom is 0.228 e. The number of rotatable bonds is 5. The SMILES string of the molecule is COc1ccc(N)c(NC(=O)C2CC2c2ccc(C(C)C)cc2)c1. The van der Waals surface area contributed by atoms with Crippen molar-refractivity contribution in [3.63, 3.8) is 0 Å². The van der Waals surface area contributed by atoms with Gasteiger partial charge in [-0.25, -0.2) is 0 Å². The summed E-state index contributed by atoms with van der Waals surface area (Å²) in [5, 5.41) is 2.93. The third kappa shape index (κ3) is 3.37. The second kappa shape index (κ2) is 6.56. The van der Waals surface area contributed by atoms with Crippen LogP contribution in [0.5, 0.6) is 5.75 Å². The number of amides is 1. The number of carbonyl (C=O) groups excluding carboxylic acids is 1. The highest BCUT2D eigenvalue weighted by Gasteiger charge is 2.44. The molecule has 2 atom stereocenters. The number of nitrogens with one attached hydrogen (secondary N) is 1. The Morgan fingerprint density at radius 3 is 2.54 bits per heavy atom. The van der Waals surface area contributed by atoms with Crippen LogP contribution < -0.4 is 15.8 Å². The van der Waals surface area contributed by atoms with Gasteiger partial charge < -0.3 is 15.8 Å². The summed E-state index contributed by atoms with van der Waals surface area (Å²) < 4.78 is 5.18. The minimum atomic E-state index is 0.0144. The van der Waals surface area contributed by atoms with Gasteiger partial charge in [0.2, 0.25) is 5.91 Å². The molecule has 2 aromatic rings. The summed E-state index contributed by atoms with van der Waals surface area (Å²) in [6.07, 6.45) is 0.886. The summed E-state index contributed by atoms with van der Waals surface area (Å²) in [7, 11) is 1.59. The maximum absolute atomic E-state index is 12.5. The van der Waals surface area contributed by atoms with Crippen molar-refractivity contribution in [1.29, 1.82) is 0 Å². The highest BCUT2D eigenvalue weighted by atomic mass is 16.5. The molecule has 1 aliphatic carbocycles. The van der Waals surface area contributed by atoms with E-state index in [1.54, 1.807) is 25.3 Å². The molecule has 0 radical (unpaired) electrons. The van der Waals surface area contributed by atoms with Crippen molar-refractivity contribution in [1.82, 2.24) is 0 Å². The van der Waals surface area contributed by atoms with Crippen LogP contribution in [0.3, 0.4) is 0 Å². The summed E-state index contributed by atoms with van der Waals surface area (Å²) in [5.74, 6) is 1.54. The van der Waals surface area contributed by atoms with Gasteiger partial charge >= 0.3 is 0 Å². The molecule has 2 unspecified atom stereocenters. The average molecular weight is 324 g/mol. The van der Waals surface area contributed by atoms with Crippen molar-refractivity contribution in [2.75, 3.05) is 18.2 Å². The smallest absolute Gasteiger partial charge is 0.228 e. The zero-order valence-electron chi connectivity index (χ0n) is 14.4. The van der Waals surface area contributed by atoms with Gasteiger partial charge in [-0.1, -0.05) is 38.1 Å². The molecule has 0 bridgehead atoms. The molecule has 3 N–H and O–H groups in total. The van der Waals surface area contributed by atoms with Crippen LogP contribution in [0.25, 0.3) is 0 Å². The largest absolute Gasteiger partial charge is 0.497 e. The van der Waals surface area contributed by atoms with E-state index in [1.165, 1.54) is 11.1 Å². The summed E-state index contributed by atoms with van der Waals surface area (Å²) >= 11 is 0. The molecule has 0 saturated heterocycles. The fourth-order valence-corrected chi connectivity index (χ4v) is 2.98. The maximum atomic E-state index is 12.5. The molecule has 1 amide bonds. The highest BCUT2D eigenvalue weighted by molar-refractivity contribution is 5.97.